The number of hydrogen-bond donors (Lipinski definition) is 1. The van der Waals surface area contributed by atoms with E-state index in [0.717, 1.165) is 11.4 Å². The third-order valence-electron chi connectivity index (χ3n) is 3.39. The summed E-state index contributed by atoms with van der Waals surface area (Å²) in [7, 11) is 1.95. The van der Waals surface area contributed by atoms with E-state index in [1.165, 1.54) is 5.56 Å². The number of benzene rings is 1. The number of para-hydroxylation sites is 1. The van der Waals surface area contributed by atoms with Gasteiger partial charge in [-0.2, -0.15) is 5.10 Å². The van der Waals surface area contributed by atoms with Crippen molar-refractivity contribution in [1.29, 1.82) is 0 Å². The number of aromatic nitrogens is 2. The fourth-order valence-corrected chi connectivity index (χ4v) is 2.02. The summed E-state index contributed by atoms with van der Waals surface area (Å²) in [6.07, 6.45) is 1.99. The Morgan fingerprint density at radius 3 is 2.60 bits per heavy atom. The SMILES string of the molecule is CNC(C)c1ccccc1OCc1ccn(C(C)C)n1. The number of ether oxygens (including phenoxy) is 1. The van der Waals surface area contributed by atoms with Gasteiger partial charge in [-0.25, -0.2) is 0 Å². The van der Waals surface area contributed by atoms with Crippen molar-refractivity contribution in [2.75, 3.05) is 7.05 Å². The van der Waals surface area contributed by atoms with Gasteiger partial charge < -0.3 is 10.1 Å². The molecule has 1 unspecified atom stereocenters. The lowest BCUT2D eigenvalue weighted by Crippen LogP contribution is -2.13. The van der Waals surface area contributed by atoms with Gasteiger partial charge in [0.2, 0.25) is 0 Å². The Hall–Kier alpha value is -1.81. The molecule has 1 atom stereocenters. The van der Waals surface area contributed by atoms with Crippen molar-refractivity contribution in [1.82, 2.24) is 15.1 Å². The smallest absolute Gasteiger partial charge is 0.132 e. The molecular weight excluding hydrogens is 250 g/mol. The minimum atomic E-state index is 0.263. The molecular formula is C16H23N3O. The van der Waals surface area contributed by atoms with Gasteiger partial charge in [0.15, 0.2) is 0 Å². The highest BCUT2D eigenvalue weighted by Crippen LogP contribution is 2.25. The molecule has 0 aliphatic rings. The van der Waals surface area contributed by atoms with Gasteiger partial charge in [-0.1, -0.05) is 18.2 Å². The van der Waals surface area contributed by atoms with E-state index in [0.29, 0.717) is 12.6 Å². The molecule has 0 saturated carbocycles. The van der Waals surface area contributed by atoms with Gasteiger partial charge in [0.1, 0.15) is 12.4 Å². The van der Waals surface area contributed by atoms with Gasteiger partial charge in [0, 0.05) is 23.8 Å². The normalized spacial score (nSPS) is 12.7. The van der Waals surface area contributed by atoms with Crippen LogP contribution in [0.25, 0.3) is 0 Å². The third-order valence-corrected chi connectivity index (χ3v) is 3.39. The molecule has 2 rings (SSSR count). The Morgan fingerprint density at radius 2 is 1.95 bits per heavy atom. The first kappa shape index (κ1) is 14.6. The number of hydrogen-bond acceptors (Lipinski definition) is 3. The van der Waals surface area contributed by atoms with Crippen molar-refractivity contribution >= 4 is 0 Å². The largest absolute Gasteiger partial charge is 0.487 e. The zero-order valence-corrected chi connectivity index (χ0v) is 12.6. The van der Waals surface area contributed by atoms with Crippen molar-refractivity contribution < 1.29 is 4.74 Å². The molecule has 1 aromatic carbocycles. The first-order valence-corrected chi connectivity index (χ1v) is 7.05. The second-order valence-corrected chi connectivity index (χ2v) is 5.22. The number of nitrogens with one attached hydrogen (secondary N) is 1. The first-order chi connectivity index (χ1) is 9.61. The standard InChI is InChI=1S/C16H23N3O/c1-12(2)19-10-9-14(18-19)11-20-16-8-6-5-7-15(16)13(3)17-4/h5-10,12-13,17H,11H2,1-4H3. The van der Waals surface area contributed by atoms with Crippen LogP contribution < -0.4 is 10.1 Å². The maximum atomic E-state index is 5.92. The van der Waals surface area contributed by atoms with Crippen molar-refractivity contribution in [2.45, 2.75) is 39.5 Å². The molecule has 0 saturated heterocycles. The van der Waals surface area contributed by atoms with Gasteiger partial charge >= 0.3 is 0 Å². The lowest BCUT2D eigenvalue weighted by molar-refractivity contribution is 0.293. The molecule has 1 aromatic heterocycles. The molecule has 108 valence electrons. The summed E-state index contributed by atoms with van der Waals surface area (Å²) in [4.78, 5) is 0. The maximum absolute atomic E-state index is 5.92. The highest BCUT2D eigenvalue weighted by Gasteiger charge is 2.10. The van der Waals surface area contributed by atoms with Crippen LogP contribution in [0.15, 0.2) is 36.5 Å². The number of rotatable bonds is 6. The molecule has 0 radical (unpaired) electrons. The van der Waals surface area contributed by atoms with Crippen LogP contribution >= 0.6 is 0 Å². The zero-order valence-electron chi connectivity index (χ0n) is 12.6. The van der Waals surface area contributed by atoms with Crippen LogP contribution in [0, 0.1) is 0 Å². The number of nitrogens with zero attached hydrogens (tertiary/aromatic N) is 2. The predicted octanol–water partition coefficient (Wildman–Crippen LogP) is 3.32. The molecule has 0 aliphatic heterocycles. The van der Waals surface area contributed by atoms with E-state index in [2.05, 4.69) is 37.3 Å². The molecule has 0 amide bonds. The topological polar surface area (TPSA) is 39.1 Å². The molecule has 2 aromatic rings. The summed E-state index contributed by atoms with van der Waals surface area (Å²) in [5, 5.41) is 7.73. The van der Waals surface area contributed by atoms with Crippen LogP contribution in [0.5, 0.6) is 5.75 Å². The average Bonchev–Trinajstić information content (AvgIpc) is 2.93. The Balaban J connectivity index is 2.06. The van der Waals surface area contributed by atoms with Gasteiger partial charge in [0.25, 0.3) is 0 Å². The predicted molar refractivity (Wildman–Crippen MR) is 80.9 cm³/mol. The highest BCUT2D eigenvalue weighted by atomic mass is 16.5. The molecule has 0 fully saturated rings. The molecule has 1 N–H and O–H groups in total. The monoisotopic (exact) mass is 273 g/mol. The van der Waals surface area contributed by atoms with Crippen LogP contribution in [0.4, 0.5) is 0 Å². The Kier molecular flexibility index (Phi) is 4.79. The average molecular weight is 273 g/mol. The minimum Gasteiger partial charge on any atom is -0.487 e. The van der Waals surface area contributed by atoms with E-state index in [9.17, 15) is 0 Å². The second kappa shape index (κ2) is 6.57. The van der Waals surface area contributed by atoms with Crippen LogP contribution in [-0.4, -0.2) is 16.8 Å². The van der Waals surface area contributed by atoms with Crippen molar-refractivity contribution in [3.05, 3.63) is 47.8 Å². The van der Waals surface area contributed by atoms with Gasteiger partial charge in [-0.3, -0.25) is 4.68 Å². The van der Waals surface area contributed by atoms with E-state index >= 15 is 0 Å². The summed E-state index contributed by atoms with van der Waals surface area (Å²) in [5.41, 5.74) is 2.11. The van der Waals surface area contributed by atoms with Gasteiger partial charge in [0.05, 0.1) is 5.69 Å². The molecule has 4 heteroatoms. The van der Waals surface area contributed by atoms with E-state index in [1.807, 2.05) is 42.2 Å². The zero-order chi connectivity index (χ0) is 14.5. The van der Waals surface area contributed by atoms with Crippen molar-refractivity contribution in [2.24, 2.45) is 0 Å². The Bertz CT molecular complexity index is 548. The maximum Gasteiger partial charge on any atom is 0.132 e. The van der Waals surface area contributed by atoms with Crippen LogP contribution in [0.2, 0.25) is 0 Å². The lowest BCUT2D eigenvalue weighted by atomic mass is 10.1. The van der Waals surface area contributed by atoms with Crippen LogP contribution in [0.3, 0.4) is 0 Å². The van der Waals surface area contributed by atoms with Crippen molar-refractivity contribution in [3.63, 3.8) is 0 Å². The minimum absolute atomic E-state index is 0.263. The van der Waals surface area contributed by atoms with Crippen LogP contribution in [0.1, 0.15) is 44.1 Å². The van der Waals surface area contributed by atoms with E-state index in [4.69, 9.17) is 4.74 Å². The van der Waals surface area contributed by atoms with Gasteiger partial charge in [-0.05, 0) is 40.0 Å². The molecule has 1 heterocycles. The summed E-state index contributed by atoms with van der Waals surface area (Å²) in [6.45, 7) is 6.84. The molecule has 20 heavy (non-hydrogen) atoms. The van der Waals surface area contributed by atoms with E-state index in [1.54, 1.807) is 0 Å². The fourth-order valence-electron chi connectivity index (χ4n) is 2.02. The van der Waals surface area contributed by atoms with E-state index in [-0.39, 0.29) is 6.04 Å². The molecule has 0 bridgehead atoms. The summed E-state index contributed by atoms with van der Waals surface area (Å²) in [5.74, 6) is 0.911. The fraction of sp³-hybridized carbons (Fsp3) is 0.438. The molecule has 4 nitrogen and oxygen atoms in total. The van der Waals surface area contributed by atoms with Crippen molar-refractivity contribution in [3.8, 4) is 5.75 Å². The first-order valence-electron chi connectivity index (χ1n) is 7.05. The summed E-state index contributed by atoms with van der Waals surface area (Å²) in [6, 6.07) is 10.8. The highest BCUT2D eigenvalue weighted by molar-refractivity contribution is 5.35. The summed E-state index contributed by atoms with van der Waals surface area (Å²) < 4.78 is 7.87. The molecule has 0 spiro atoms. The Labute approximate surface area is 120 Å². The van der Waals surface area contributed by atoms with E-state index < -0.39 is 0 Å². The third kappa shape index (κ3) is 3.39. The summed E-state index contributed by atoms with van der Waals surface area (Å²) >= 11 is 0. The Morgan fingerprint density at radius 1 is 1.20 bits per heavy atom. The second-order valence-electron chi connectivity index (χ2n) is 5.22. The lowest BCUT2D eigenvalue weighted by Gasteiger charge is -2.15. The molecule has 0 aliphatic carbocycles. The van der Waals surface area contributed by atoms with Crippen LogP contribution in [-0.2, 0) is 6.61 Å². The van der Waals surface area contributed by atoms with Gasteiger partial charge in [-0.15, -0.1) is 0 Å². The quantitative estimate of drug-likeness (QED) is 0.877.